The van der Waals surface area contributed by atoms with Gasteiger partial charge in [0.2, 0.25) is 5.91 Å². The van der Waals surface area contributed by atoms with Gasteiger partial charge in [0.15, 0.2) is 0 Å². The molecule has 0 saturated heterocycles. The monoisotopic (exact) mass is 249 g/mol. The van der Waals surface area contributed by atoms with Crippen molar-refractivity contribution >= 4 is 17.6 Å². The Morgan fingerprint density at radius 1 is 1.28 bits per heavy atom. The molecule has 98 valence electrons. The number of carbonyl (C=O) groups excluding carboxylic acids is 2. The number of ether oxygens (including phenoxy) is 1. The highest BCUT2D eigenvalue weighted by molar-refractivity contribution is 6.04. The predicted molar refractivity (Wildman–Crippen MR) is 70.3 cm³/mol. The lowest BCUT2D eigenvalue weighted by Crippen LogP contribution is -2.30. The summed E-state index contributed by atoms with van der Waals surface area (Å²) in [7, 11) is 1.29. The Morgan fingerprint density at radius 2 is 1.94 bits per heavy atom. The first kappa shape index (κ1) is 14.2. The second kappa shape index (κ2) is 6.19. The van der Waals surface area contributed by atoms with E-state index < -0.39 is 11.9 Å². The average Bonchev–Trinajstić information content (AvgIpc) is 2.34. The molecule has 0 aromatic heterocycles. The number of hydrogen-bond donors (Lipinski definition) is 1. The minimum atomic E-state index is -0.753. The third kappa shape index (κ3) is 3.32. The van der Waals surface area contributed by atoms with E-state index in [0.29, 0.717) is 12.1 Å². The Kier molecular flexibility index (Phi) is 4.89. The Bertz CT molecular complexity index is 454. The number of carbonyl (C=O) groups is 2. The van der Waals surface area contributed by atoms with Gasteiger partial charge in [0.05, 0.1) is 7.11 Å². The molecule has 1 unspecified atom stereocenters. The lowest BCUT2D eigenvalue weighted by atomic mass is 10.1. The average molecular weight is 249 g/mol. The molecular formula is C14H19NO3. The number of anilines is 1. The predicted octanol–water partition coefficient (Wildman–Crippen LogP) is 2.44. The SMILES string of the molecule is CCC(C(=O)Nc1ccc(C)c(C)c1)C(=O)OC. The van der Waals surface area contributed by atoms with Crippen LogP contribution < -0.4 is 5.32 Å². The summed E-state index contributed by atoms with van der Waals surface area (Å²) in [5.41, 5.74) is 2.96. The van der Waals surface area contributed by atoms with Crippen molar-refractivity contribution in [1.29, 1.82) is 0 Å². The standard InChI is InChI=1S/C14H19NO3/c1-5-12(14(17)18-4)13(16)15-11-7-6-9(2)10(3)8-11/h6-8,12H,5H2,1-4H3,(H,15,16). The lowest BCUT2D eigenvalue weighted by Gasteiger charge is -2.13. The molecule has 0 aliphatic rings. The van der Waals surface area contributed by atoms with Crippen LogP contribution >= 0.6 is 0 Å². The minimum Gasteiger partial charge on any atom is -0.468 e. The van der Waals surface area contributed by atoms with Gasteiger partial charge >= 0.3 is 5.97 Å². The fraction of sp³-hybridized carbons (Fsp3) is 0.429. The zero-order chi connectivity index (χ0) is 13.7. The number of methoxy groups -OCH3 is 1. The second-order valence-electron chi connectivity index (χ2n) is 4.27. The minimum absolute atomic E-state index is 0.326. The van der Waals surface area contributed by atoms with E-state index in [-0.39, 0.29) is 5.91 Å². The van der Waals surface area contributed by atoms with Crippen molar-refractivity contribution in [2.75, 3.05) is 12.4 Å². The van der Waals surface area contributed by atoms with E-state index in [0.717, 1.165) is 11.1 Å². The van der Waals surface area contributed by atoms with Crippen molar-refractivity contribution in [3.63, 3.8) is 0 Å². The first-order chi connectivity index (χ1) is 8.49. The molecule has 0 heterocycles. The summed E-state index contributed by atoms with van der Waals surface area (Å²) < 4.78 is 4.61. The summed E-state index contributed by atoms with van der Waals surface area (Å²) in [4.78, 5) is 23.3. The third-order valence-electron chi connectivity index (χ3n) is 2.98. The quantitative estimate of drug-likeness (QED) is 0.658. The fourth-order valence-corrected chi connectivity index (χ4v) is 1.65. The largest absolute Gasteiger partial charge is 0.468 e. The number of aryl methyl sites for hydroxylation is 2. The maximum atomic E-state index is 11.9. The van der Waals surface area contributed by atoms with Crippen LogP contribution in [-0.2, 0) is 14.3 Å². The first-order valence-electron chi connectivity index (χ1n) is 5.95. The van der Waals surface area contributed by atoms with E-state index in [1.54, 1.807) is 6.92 Å². The Morgan fingerprint density at radius 3 is 2.44 bits per heavy atom. The molecule has 0 fully saturated rings. The van der Waals surface area contributed by atoms with Gasteiger partial charge in [-0.15, -0.1) is 0 Å². The zero-order valence-electron chi connectivity index (χ0n) is 11.2. The number of esters is 1. The molecule has 18 heavy (non-hydrogen) atoms. The van der Waals surface area contributed by atoms with Crippen molar-refractivity contribution in [2.24, 2.45) is 5.92 Å². The van der Waals surface area contributed by atoms with Gasteiger partial charge in [-0.25, -0.2) is 0 Å². The molecule has 1 atom stereocenters. The third-order valence-corrected chi connectivity index (χ3v) is 2.98. The van der Waals surface area contributed by atoms with E-state index in [1.165, 1.54) is 7.11 Å². The number of nitrogens with one attached hydrogen (secondary N) is 1. The van der Waals surface area contributed by atoms with Gasteiger partial charge in [0, 0.05) is 5.69 Å². The topological polar surface area (TPSA) is 55.4 Å². The highest BCUT2D eigenvalue weighted by Crippen LogP contribution is 2.16. The van der Waals surface area contributed by atoms with E-state index in [4.69, 9.17) is 0 Å². The van der Waals surface area contributed by atoms with Crippen LogP contribution in [0.15, 0.2) is 18.2 Å². The molecule has 1 rings (SSSR count). The Balaban J connectivity index is 2.79. The Hall–Kier alpha value is -1.84. The van der Waals surface area contributed by atoms with E-state index >= 15 is 0 Å². The molecule has 0 saturated carbocycles. The van der Waals surface area contributed by atoms with Crippen LogP contribution in [0.25, 0.3) is 0 Å². The van der Waals surface area contributed by atoms with E-state index in [1.807, 2.05) is 32.0 Å². The summed E-state index contributed by atoms with van der Waals surface area (Å²) in [6, 6.07) is 5.64. The van der Waals surface area contributed by atoms with Crippen molar-refractivity contribution in [3.05, 3.63) is 29.3 Å². The van der Waals surface area contributed by atoms with Crippen LogP contribution in [0.5, 0.6) is 0 Å². The van der Waals surface area contributed by atoms with Gasteiger partial charge in [-0.05, 0) is 43.5 Å². The van der Waals surface area contributed by atoms with Gasteiger partial charge in [-0.2, -0.15) is 0 Å². The molecule has 0 aliphatic carbocycles. The summed E-state index contributed by atoms with van der Waals surface area (Å²) in [5.74, 6) is -1.58. The van der Waals surface area contributed by atoms with Crippen molar-refractivity contribution in [1.82, 2.24) is 0 Å². The number of benzene rings is 1. The zero-order valence-corrected chi connectivity index (χ0v) is 11.2. The lowest BCUT2D eigenvalue weighted by molar-refractivity contribution is -0.148. The van der Waals surface area contributed by atoms with Crippen LogP contribution in [0.1, 0.15) is 24.5 Å². The molecule has 0 aliphatic heterocycles. The van der Waals surface area contributed by atoms with Gasteiger partial charge < -0.3 is 10.1 Å². The maximum absolute atomic E-state index is 11.9. The normalized spacial score (nSPS) is 11.8. The van der Waals surface area contributed by atoms with Gasteiger partial charge in [0.1, 0.15) is 5.92 Å². The molecule has 0 spiro atoms. The van der Waals surface area contributed by atoms with Crippen LogP contribution in [0.3, 0.4) is 0 Å². The highest BCUT2D eigenvalue weighted by Gasteiger charge is 2.25. The summed E-state index contributed by atoms with van der Waals surface area (Å²) in [6.07, 6.45) is 0.420. The number of rotatable bonds is 4. The van der Waals surface area contributed by atoms with Crippen LogP contribution in [0.4, 0.5) is 5.69 Å². The molecule has 4 heteroatoms. The maximum Gasteiger partial charge on any atom is 0.318 e. The molecule has 0 bridgehead atoms. The molecule has 4 nitrogen and oxygen atoms in total. The van der Waals surface area contributed by atoms with Gasteiger partial charge in [0.25, 0.3) is 0 Å². The molecule has 0 radical (unpaired) electrons. The summed E-state index contributed by atoms with van der Waals surface area (Å²) in [5, 5.41) is 2.74. The molecule has 1 aromatic rings. The first-order valence-corrected chi connectivity index (χ1v) is 5.95. The summed E-state index contributed by atoms with van der Waals surface area (Å²) >= 11 is 0. The number of amides is 1. The molecule has 1 amide bonds. The van der Waals surface area contributed by atoms with Crippen LogP contribution in [-0.4, -0.2) is 19.0 Å². The van der Waals surface area contributed by atoms with Crippen LogP contribution in [0.2, 0.25) is 0 Å². The van der Waals surface area contributed by atoms with Crippen molar-refractivity contribution in [3.8, 4) is 0 Å². The van der Waals surface area contributed by atoms with Crippen molar-refractivity contribution in [2.45, 2.75) is 27.2 Å². The van der Waals surface area contributed by atoms with Crippen LogP contribution in [0, 0.1) is 19.8 Å². The van der Waals surface area contributed by atoms with E-state index in [2.05, 4.69) is 10.1 Å². The van der Waals surface area contributed by atoms with Crippen molar-refractivity contribution < 1.29 is 14.3 Å². The number of hydrogen-bond acceptors (Lipinski definition) is 3. The Labute approximate surface area is 107 Å². The highest BCUT2D eigenvalue weighted by atomic mass is 16.5. The van der Waals surface area contributed by atoms with Gasteiger partial charge in [-0.3, -0.25) is 9.59 Å². The fourth-order valence-electron chi connectivity index (χ4n) is 1.65. The van der Waals surface area contributed by atoms with Gasteiger partial charge in [-0.1, -0.05) is 13.0 Å². The molecular weight excluding hydrogens is 230 g/mol. The molecule has 1 N–H and O–H groups in total. The smallest absolute Gasteiger partial charge is 0.318 e. The molecule has 1 aromatic carbocycles. The van der Waals surface area contributed by atoms with E-state index in [9.17, 15) is 9.59 Å². The second-order valence-corrected chi connectivity index (χ2v) is 4.27. The summed E-state index contributed by atoms with van der Waals surface area (Å²) in [6.45, 7) is 5.76.